The molecule has 10 aromatic carbocycles. The Morgan fingerprint density at radius 3 is 1.01 bits per heavy atom. The first-order valence-corrected chi connectivity index (χ1v) is 24.1. The van der Waals surface area contributed by atoms with Crippen LogP contribution in [0.3, 0.4) is 0 Å². The number of hydrogen-bond acceptors (Lipinski definition) is 1. The highest BCUT2D eigenvalue weighted by Crippen LogP contribution is 2.45. The molecule has 0 amide bonds. The van der Waals surface area contributed by atoms with Gasteiger partial charge in [-0.25, -0.2) is 0 Å². The van der Waals surface area contributed by atoms with Crippen molar-refractivity contribution in [1.29, 1.82) is 5.26 Å². The van der Waals surface area contributed by atoms with Gasteiger partial charge >= 0.3 is 6.18 Å². The van der Waals surface area contributed by atoms with E-state index in [1.54, 1.807) is 6.07 Å². The topological polar surface area (TPSA) is 33.6 Å². The first kappa shape index (κ1) is 44.3. The Morgan fingerprint density at radius 2 is 0.681 bits per heavy atom. The van der Waals surface area contributed by atoms with E-state index in [1.807, 2.05) is 36.4 Å². The summed E-state index contributed by atoms with van der Waals surface area (Å²) < 4.78 is 48.2. The lowest BCUT2D eigenvalue weighted by molar-refractivity contribution is -0.137. The first-order valence-electron chi connectivity index (χ1n) is 24.1. The molecule has 2 heterocycles. The van der Waals surface area contributed by atoms with Gasteiger partial charge < -0.3 is 9.13 Å². The third-order valence-electron chi connectivity index (χ3n) is 14.6. The third kappa shape index (κ3) is 7.36. The van der Waals surface area contributed by atoms with Gasteiger partial charge in [0, 0.05) is 27.1 Å². The van der Waals surface area contributed by atoms with Crippen LogP contribution in [-0.4, -0.2) is 9.13 Å². The zero-order valence-corrected chi connectivity index (χ0v) is 40.1. The first-order chi connectivity index (χ1) is 34.9. The number of nitrogens with zero attached hydrogens (tertiary/aromatic N) is 3. The predicted molar refractivity (Wildman–Crippen MR) is 291 cm³/mol. The zero-order chi connectivity index (χ0) is 49.4. The van der Waals surface area contributed by atoms with Gasteiger partial charge in [0.25, 0.3) is 0 Å². The van der Waals surface area contributed by atoms with E-state index in [-0.39, 0.29) is 5.56 Å². The molecule has 12 rings (SSSR count). The van der Waals surface area contributed by atoms with Crippen molar-refractivity contribution in [3.8, 4) is 73.1 Å². The van der Waals surface area contributed by atoms with Gasteiger partial charge in [-0.15, -0.1) is 0 Å². The minimum absolute atomic E-state index is 0.246. The highest BCUT2D eigenvalue weighted by Gasteiger charge is 2.31. The summed E-state index contributed by atoms with van der Waals surface area (Å²) in [6.45, 7) is 8.46. The molecule has 0 fully saturated rings. The Labute approximate surface area is 415 Å². The fourth-order valence-electron chi connectivity index (χ4n) is 10.9. The lowest BCUT2D eigenvalue weighted by Crippen LogP contribution is -2.07. The Kier molecular flexibility index (Phi) is 10.6. The molecule has 0 saturated heterocycles. The van der Waals surface area contributed by atoms with Gasteiger partial charge in [0.2, 0.25) is 0 Å². The maximum Gasteiger partial charge on any atom is 0.416 e. The molecular formula is C66H46F3N3. The van der Waals surface area contributed by atoms with Gasteiger partial charge in [-0.1, -0.05) is 158 Å². The van der Waals surface area contributed by atoms with Gasteiger partial charge in [-0.2, -0.15) is 18.4 Å². The fraction of sp³-hybridized carbons (Fsp3) is 0.0758. The molecule has 12 aromatic rings. The van der Waals surface area contributed by atoms with Crippen molar-refractivity contribution in [3.63, 3.8) is 0 Å². The average molecular weight is 938 g/mol. The van der Waals surface area contributed by atoms with Crippen molar-refractivity contribution in [2.24, 2.45) is 0 Å². The summed E-state index contributed by atoms with van der Waals surface area (Å²) in [6, 6.07) is 71.4. The minimum atomic E-state index is -4.59. The number of aromatic nitrogens is 2. The third-order valence-corrected chi connectivity index (χ3v) is 14.6. The van der Waals surface area contributed by atoms with Crippen LogP contribution in [0.2, 0.25) is 0 Å². The van der Waals surface area contributed by atoms with Crippen LogP contribution >= 0.6 is 0 Å². The van der Waals surface area contributed by atoms with Crippen LogP contribution in [0.15, 0.2) is 206 Å². The molecule has 0 bridgehead atoms. The standard InChI is InChI=1S/C66H46F3N3/c1-40-14-5-9-20-51(40)45-24-28-55-56-29-25-46(52-21-10-6-15-41(52)2)34-61(56)71(60(55)33-45)64-37-49(39-70)59(44-18-13-19-50(32-44)66(67,68)69)38-65(64)72-62-35-47(53-22-11-7-16-42(53)3)26-30-57(62)58-31-27-48(36-63(58)72)54-23-12-8-17-43(54)4/h5-38H,1-4H3. The number of hydrogen-bond donors (Lipinski definition) is 0. The molecule has 0 atom stereocenters. The molecule has 0 saturated carbocycles. The van der Waals surface area contributed by atoms with Crippen molar-refractivity contribution in [2.75, 3.05) is 0 Å². The average Bonchev–Trinajstić information content (AvgIpc) is 3.89. The highest BCUT2D eigenvalue weighted by atomic mass is 19.4. The molecule has 2 aromatic heterocycles. The number of nitriles is 1. The molecule has 0 unspecified atom stereocenters. The molecule has 0 spiro atoms. The number of fused-ring (bicyclic) bond motifs is 6. The van der Waals surface area contributed by atoms with E-state index in [9.17, 15) is 18.4 Å². The second kappa shape index (κ2) is 17.2. The van der Waals surface area contributed by atoms with E-state index in [2.05, 4.69) is 188 Å². The van der Waals surface area contributed by atoms with Crippen LogP contribution < -0.4 is 0 Å². The number of rotatable bonds is 7. The van der Waals surface area contributed by atoms with Crippen molar-refractivity contribution in [2.45, 2.75) is 33.9 Å². The maximum absolute atomic E-state index is 14.6. The van der Waals surface area contributed by atoms with E-state index < -0.39 is 11.7 Å². The van der Waals surface area contributed by atoms with Crippen LogP contribution in [-0.2, 0) is 6.18 Å². The summed E-state index contributed by atoms with van der Waals surface area (Å²) >= 11 is 0. The second-order valence-electron chi connectivity index (χ2n) is 18.9. The van der Waals surface area contributed by atoms with Crippen molar-refractivity contribution in [1.82, 2.24) is 9.13 Å². The summed E-state index contributed by atoms with van der Waals surface area (Å²) in [4.78, 5) is 0. The van der Waals surface area contributed by atoms with Crippen LogP contribution in [0, 0.1) is 39.0 Å². The lowest BCUT2D eigenvalue weighted by atomic mass is 9.96. The monoisotopic (exact) mass is 937 g/mol. The number of halogens is 3. The normalized spacial score (nSPS) is 11.8. The summed E-state index contributed by atoms with van der Waals surface area (Å²) in [7, 11) is 0. The molecular weight excluding hydrogens is 892 g/mol. The van der Waals surface area contributed by atoms with E-state index >= 15 is 0 Å². The molecule has 0 aliphatic rings. The molecule has 0 aliphatic heterocycles. The summed E-state index contributed by atoms with van der Waals surface area (Å²) in [5.41, 5.74) is 18.3. The summed E-state index contributed by atoms with van der Waals surface area (Å²) in [6.07, 6.45) is -4.59. The molecule has 72 heavy (non-hydrogen) atoms. The number of aryl methyl sites for hydroxylation is 4. The van der Waals surface area contributed by atoms with Crippen molar-refractivity contribution in [3.05, 3.63) is 240 Å². The Hall–Kier alpha value is -8.92. The lowest BCUT2D eigenvalue weighted by Gasteiger charge is -2.21. The Bertz CT molecular complexity index is 4010. The quantitative estimate of drug-likeness (QED) is 0.157. The van der Waals surface area contributed by atoms with Crippen LogP contribution in [0.4, 0.5) is 13.2 Å². The Balaban J connectivity index is 1.27. The predicted octanol–water partition coefficient (Wildman–Crippen LogP) is 18.3. The molecule has 0 N–H and O–H groups in total. The van der Waals surface area contributed by atoms with E-state index in [0.29, 0.717) is 22.5 Å². The molecule has 0 radical (unpaired) electrons. The number of alkyl halides is 3. The van der Waals surface area contributed by atoms with E-state index in [1.165, 1.54) is 6.07 Å². The molecule has 346 valence electrons. The zero-order valence-electron chi connectivity index (χ0n) is 40.1. The van der Waals surface area contributed by atoms with Crippen molar-refractivity contribution >= 4 is 43.6 Å². The molecule has 6 heteroatoms. The smallest absolute Gasteiger partial charge is 0.307 e. The van der Waals surface area contributed by atoms with Gasteiger partial charge in [-0.05, 0) is 149 Å². The summed E-state index contributed by atoms with van der Waals surface area (Å²) in [5.74, 6) is 0. The van der Waals surface area contributed by atoms with Gasteiger partial charge in [-0.3, -0.25) is 0 Å². The van der Waals surface area contributed by atoms with Gasteiger partial charge in [0.15, 0.2) is 0 Å². The number of benzene rings is 10. The SMILES string of the molecule is Cc1ccccc1-c1ccc2c3ccc(-c4ccccc4C)cc3n(-c3cc(C#N)c(-c4cccc(C(F)(F)F)c4)cc3-n3c4cc(-c5ccccc5C)ccc4c4ccc(-c5ccccc5C)cc43)c2c1. The van der Waals surface area contributed by atoms with Crippen molar-refractivity contribution < 1.29 is 13.2 Å². The van der Waals surface area contributed by atoms with Gasteiger partial charge in [0.05, 0.1) is 50.6 Å². The van der Waals surface area contributed by atoms with Crippen LogP contribution in [0.1, 0.15) is 33.4 Å². The fourth-order valence-corrected chi connectivity index (χ4v) is 10.9. The van der Waals surface area contributed by atoms with E-state index in [4.69, 9.17) is 0 Å². The van der Waals surface area contributed by atoms with Gasteiger partial charge in [0.1, 0.15) is 0 Å². The maximum atomic E-state index is 14.6. The molecule has 3 nitrogen and oxygen atoms in total. The second-order valence-corrected chi connectivity index (χ2v) is 18.9. The molecule has 0 aliphatic carbocycles. The summed E-state index contributed by atoms with van der Waals surface area (Å²) in [5, 5.41) is 15.3. The Morgan fingerprint density at radius 1 is 0.347 bits per heavy atom. The van der Waals surface area contributed by atoms with Crippen LogP contribution in [0.25, 0.3) is 111 Å². The van der Waals surface area contributed by atoms with E-state index in [0.717, 1.165) is 123 Å². The highest BCUT2D eigenvalue weighted by molar-refractivity contribution is 6.14. The largest absolute Gasteiger partial charge is 0.416 e. The van der Waals surface area contributed by atoms with Crippen LogP contribution in [0.5, 0.6) is 0 Å². The minimum Gasteiger partial charge on any atom is -0.307 e.